The number of hydrogen-bond acceptors (Lipinski definition) is 6. The Labute approximate surface area is 306 Å². The molecule has 0 aromatic heterocycles. The number of fused-ring (bicyclic) bond motifs is 2. The molecule has 2 amide bonds. The van der Waals surface area contributed by atoms with E-state index in [1.54, 1.807) is 9.80 Å². The quantitative estimate of drug-likeness (QED) is 0.0670. The summed E-state index contributed by atoms with van der Waals surface area (Å²) in [5.74, 6) is 1.48. The molecule has 270 valence electrons. The van der Waals surface area contributed by atoms with E-state index in [1.165, 1.54) is 0 Å². The lowest BCUT2D eigenvalue weighted by Gasteiger charge is -2.25. The van der Waals surface area contributed by atoms with Crippen molar-refractivity contribution in [3.8, 4) is 11.5 Å². The minimum atomic E-state index is -0.0957. The van der Waals surface area contributed by atoms with Crippen molar-refractivity contribution in [2.45, 2.75) is 64.6 Å². The van der Waals surface area contributed by atoms with Gasteiger partial charge in [0.25, 0.3) is 11.8 Å². The topological polar surface area (TPSA) is 84.1 Å². The molecule has 52 heavy (non-hydrogen) atoms. The Kier molecular flexibility index (Phi) is 11.3. The van der Waals surface area contributed by atoms with E-state index >= 15 is 0 Å². The van der Waals surface area contributed by atoms with Crippen LogP contribution in [0, 0.1) is 0 Å². The highest BCUT2D eigenvalue weighted by Gasteiger charge is 2.23. The van der Waals surface area contributed by atoms with Crippen LogP contribution in [0.2, 0.25) is 0 Å². The Hall–Kier alpha value is -4.92. The number of unbranched alkanes of at least 4 members (excludes halogenated alkanes) is 2. The van der Waals surface area contributed by atoms with Crippen LogP contribution in [-0.2, 0) is 9.47 Å². The Balaban J connectivity index is 0.998. The van der Waals surface area contributed by atoms with Crippen molar-refractivity contribution in [2.75, 3.05) is 49.3 Å². The van der Waals surface area contributed by atoms with Gasteiger partial charge in [-0.05, 0) is 141 Å². The molecule has 0 bridgehead atoms. The largest absolute Gasteiger partial charge is 0.494 e. The summed E-state index contributed by atoms with van der Waals surface area (Å²) in [5.41, 5.74) is 2.68. The molecule has 5 aromatic carbocycles. The third kappa shape index (κ3) is 8.92. The second-order valence-electron chi connectivity index (χ2n) is 13.7. The lowest BCUT2D eigenvalue weighted by Crippen LogP contribution is -2.32. The zero-order chi connectivity index (χ0) is 35.9. The number of hydrogen-bond donors (Lipinski definition) is 0. The zero-order valence-corrected chi connectivity index (χ0v) is 30.2. The summed E-state index contributed by atoms with van der Waals surface area (Å²) < 4.78 is 22.5. The molecule has 2 atom stereocenters. The first-order valence-electron chi connectivity index (χ1n) is 18.8. The molecule has 2 heterocycles. The van der Waals surface area contributed by atoms with E-state index in [2.05, 4.69) is 0 Å². The molecule has 5 aromatic rings. The number of carbonyl (C=O) groups is 2. The molecular weight excluding hydrogens is 652 g/mol. The number of carbonyl (C=O) groups excluding carboxylic acids is 2. The van der Waals surface area contributed by atoms with Crippen LogP contribution < -0.4 is 19.3 Å². The number of nitrogens with zero attached hydrogens (tertiary/aromatic N) is 2. The molecule has 8 nitrogen and oxygen atoms in total. The molecule has 0 N–H and O–H groups in total. The van der Waals surface area contributed by atoms with Gasteiger partial charge in [-0.1, -0.05) is 30.3 Å². The molecule has 0 saturated carbocycles. The normalized spacial score (nSPS) is 16.1. The van der Waals surface area contributed by atoms with Crippen molar-refractivity contribution in [1.82, 2.24) is 0 Å². The fraction of sp³-hybridized carbons (Fsp3) is 0.364. The van der Waals surface area contributed by atoms with E-state index in [1.807, 2.05) is 111 Å². The summed E-state index contributed by atoms with van der Waals surface area (Å²) in [6.45, 7) is 8.04. The van der Waals surface area contributed by atoms with E-state index in [9.17, 15) is 9.59 Å². The number of benzene rings is 5. The van der Waals surface area contributed by atoms with Gasteiger partial charge in [-0.25, -0.2) is 0 Å². The van der Waals surface area contributed by atoms with Crippen molar-refractivity contribution in [2.24, 2.45) is 0 Å². The summed E-state index contributed by atoms with van der Waals surface area (Å²) in [6.07, 6.45) is 7.35. The zero-order valence-electron chi connectivity index (χ0n) is 30.2. The summed E-state index contributed by atoms with van der Waals surface area (Å²) in [7, 11) is 0. The molecule has 2 fully saturated rings. The fourth-order valence-corrected chi connectivity index (χ4v) is 6.72. The summed E-state index contributed by atoms with van der Waals surface area (Å²) in [6, 6.07) is 31.3. The van der Waals surface area contributed by atoms with Gasteiger partial charge in [0.05, 0.1) is 38.6 Å². The minimum absolute atomic E-state index is 0.0957. The second kappa shape index (κ2) is 16.6. The van der Waals surface area contributed by atoms with E-state index < -0.39 is 0 Å². The first-order chi connectivity index (χ1) is 25.5. The van der Waals surface area contributed by atoms with Gasteiger partial charge in [0.15, 0.2) is 0 Å². The Morgan fingerprint density at radius 2 is 1.00 bits per heavy atom. The maximum Gasteiger partial charge on any atom is 0.258 e. The number of ether oxygens (including phenoxy) is 4. The van der Waals surface area contributed by atoms with Gasteiger partial charge >= 0.3 is 0 Å². The number of anilines is 2. The first-order valence-corrected chi connectivity index (χ1v) is 18.8. The molecule has 0 radical (unpaired) electrons. The van der Waals surface area contributed by atoms with Gasteiger partial charge in [0, 0.05) is 35.6 Å². The van der Waals surface area contributed by atoms with E-state index in [0.29, 0.717) is 49.6 Å². The van der Waals surface area contributed by atoms with Gasteiger partial charge in [0.1, 0.15) is 11.5 Å². The Bertz CT molecular complexity index is 1880. The fourth-order valence-electron chi connectivity index (χ4n) is 6.72. The van der Waals surface area contributed by atoms with Gasteiger partial charge in [0.2, 0.25) is 0 Å². The molecule has 7 rings (SSSR count). The maximum atomic E-state index is 13.9. The smallest absolute Gasteiger partial charge is 0.258 e. The summed E-state index contributed by atoms with van der Waals surface area (Å²) >= 11 is 0. The highest BCUT2D eigenvalue weighted by atomic mass is 16.6. The molecule has 2 aliphatic rings. The van der Waals surface area contributed by atoms with Crippen LogP contribution in [0.1, 0.15) is 73.1 Å². The third-order valence-electron chi connectivity index (χ3n) is 9.88. The molecule has 0 spiro atoms. The lowest BCUT2D eigenvalue weighted by atomic mass is 10.0. The average molecular weight is 701 g/mol. The van der Waals surface area contributed by atoms with Crippen molar-refractivity contribution in [3.05, 3.63) is 108 Å². The molecule has 2 saturated heterocycles. The van der Waals surface area contributed by atoms with Crippen LogP contribution in [0.4, 0.5) is 11.4 Å². The Morgan fingerprint density at radius 1 is 0.577 bits per heavy atom. The molecule has 2 aliphatic heterocycles. The first kappa shape index (κ1) is 35.5. The predicted octanol–water partition coefficient (Wildman–Crippen LogP) is 9.22. The van der Waals surface area contributed by atoms with E-state index in [-0.39, 0.29) is 11.8 Å². The van der Waals surface area contributed by atoms with Crippen molar-refractivity contribution in [1.29, 1.82) is 0 Å². The van der Waals surface area contributed by atoms with Crippen LogP contribution in [0.25, 0.3) is 21.5 Å². The van der Waals surface area contributed by atoms with Crippen molar-refractivity contribution < 1.29 is 28.5 Å². The second-order valence-corrected chi connectivity index (χ2v) is 13.7. The van der Waals surface area contributed by atoms with Gasteiger partial charge in [-0.15, -0.1) is 0 Å². The summed E-state index contributed by atoms with van der Waals surface area (Å²) in [4.78, 5) is 31.3. The van der Waals surface area contributed by atoms with Crippen molar-refractivity contribution in [3.63, 3.8) is 0 Å². The van der Waals surface area contributed by atoms with Gasteiger partial charge in [-0.3, -0.25) is 9.59 Å². The van der Waals surface area contributed by atoms with Crippen LogP contribution in [0.15, 0.2) is 97.1 Å². The summed E-state index contributed by atoms with van der Waals surface area (Å²) in [5, 5.41) is 4.00. The molecular formula is C44H48N2O6. The predicted molar refractivity (Wildman–Crippen MR) is 207 cm³/mol. The molecule has 0 aliphatic carbocycles. The van der Waals surface area contributed by atoms with E-state index in [4.69, 9.17) is 18.9 Å². The monoisotopic (exact) mass is 700 g/mol. The highest BCUT2D eigenvalue weighted by Crippen LogP contribution is 2.29. The van der Waals surface area contributed by atoms with Gasteiger partial charge < -0.3 is 28.7 Å². The SMILES string of the molecule is CCN(C(=O)c1ccc2cc(OCCCCC3CO3)ccc2c1)c1cccc(N(CC)C(=O)c2ccc3cc(OCCCCC4CO4)ccc3c2)c1. The van der Waals surface area contributed by atoms with E-state index in [0.717, 1.165) is 96.2 Å². The Morgan fingerprint density at radius 3 is 1.42 bits per heavy atom. The highest BCUT2D eigenvalue weighted by molar-refractivity contribution is 6.10. The number of rotatable bonds is 18. The molecule has 8 heteroatoms. The number of amides is 2. The van der Waals surface area contributed by atoms with Crippen LogP contribution in [0.5, 0.6) is 11.5 Å². The third-order valence-corrected chi connectivity index (χ3v) is 9.88. The van der Waals surface area contributed by atoms with Crippen LogP contribution in [0.3, 0.4) is 0 Å². The standard InChI is InChI=1S/C44H48N2O6/c1-3-45(43(47)35-16-14-33-26-39(20-18-31(33)24-35)49-22-7-5-12-41-29-51-41)37-10-9-11-38(28-37)46(4-2)44(48)36-17-15-34-27-40(21-19-32(34)25-36)50-23-8-6-13-42-30-52-42/h9-11,14-21,24-28,41-42H,3-8,12-13,22-23,29-30H2,1-2H3. The molecule has 2 unspecified atom stereocenters. The average Bonchev–Trinajstić information content (AvgIpc) is 4.12. The van der Waals surface area contributed by atoms with Gasteiger partial charge in [-0.2, -0.15) is 0 Å². The van der Waals surface area contributed by atoms with Crippen LogP contribution >= 0.6 is 0 Å². The minimum Gasteiger partial charge on any atom is -0.494 e. The maximum absolute atomic E-state index is 13.9. The van der Waals surface area contributed by atoms with Crippen LogP contribution in [-0.4, -0.2) is 63.5 Å². The number of epoxide rings is 2. The lowest BCUT2D eigenvalue weighted by molar-refractivity contribution is 0.0982. The van der Waals surface area contributed by atoms with Crippen molar-refractivity contribution >= 4 is 44.7 Å².